The fourth-order valence-electron chi connectivity index (χ4n) is 2.70. The largest absolute Gasteiger partial charge is 0.313 e. The van der Waals surface area contributed by atoms with Crippen LogP contribution in [0.25, 0.3) is 0 Å². The van der Waals surface area contributed by atoms with E-state index in [4.69, 9.17) is 0 Å². The van der Waals surface area contributed by atoms with Crippen LogP contribution in [0.4, 0.5) is 0 Å². The lowest BCUT2D eigenvalue weighted by molar-refractivity contribution is 0.288. The molecule has 1 atom stereocenters. The van der Waals surface area contributed by atoms with Gasteiger partial charge in [-0.1, -0.05) is 45.0 Å². The monoisotopic (exact) mass is 274 g/mol. The minimum absolute atomic E-state index is 0.609. The number of hydrogen-bond donors (Lipinski definition) is 1. The van der Waals surface area contributed by atoms with Crippen LogP contribution in [-0.2, 0) is 6.54 Å². The van der Waals surface area contributed by atoms with Crippen molar-refractivity contribution < 1.29 is 0 Å². The minimum atomic E-state index is 0.609. The Labute approximate surface area is 124 Å². The molecule has 0 aliphatic heterocycles. The van der Waals surface area contributed by atoms with Gasteiger partial charge in [0.15, 0.2) is 0 Å². The lowest BCUT2D eigenvalue weighted by atomic mass is 9.99. The van der Waals surface area contributed by atoms with Crippen molar-refractivity contribution in [2.24, 2.45) is 5.92 Å². The van der Waals surface area contributed by atoms with Crippen molar-refractivity contribution in [3.63, 3.8) is 0 Å². The molecular formula is C18H30N2. The highest BCUT2D eigenvalue weighted by molar-refractivity contribution is 5.25. The fourth-order valence-corrected chi connectivity index (χ4v) is 2.70. The summed E-state index contributed by atoms with van der Waals surface area (Å²) in [5, 5.41) is 3.62. The number of nitrogens with zero attached hydrogens (tertiary/aromatic N) is 1. The van der Waals surface area contributed by atoms with Crippen LogP contribution >= 0.6 is 0 Å². The minimum Gasteiger partial charge on any atom is -0.313 e. The number of nitrogens with one attached hydrogen (secondary N) is 1. The second kappa shape index (κ2) is 7.24. The molecule has 0 bridgehead atoms. The summed E-state index contributed by atoms with van der Waals surface area (Å²) >= 11 is 0. The molecule has 1 aliphatic rings. The zero-order valence-electron chi connectivity index (χ0n) is 13.5. The molecule has 0 saturated heterocycles. The molecule has 1 aromatic rings. The first-order valence-corrected chi connectivity index (χ1v) is 8.05. The maximum atomic E-state index is 3.62. The lowest BCUT2D eigenvalue weighted by Gasteiger charge is -2.19. The van der Waals surface area contributed by atoms with Crippen LogP contribution in [0.2, 0.25) is 0 Å². The summed E-state index contributed by atoms with van der Waals surface area (Å²) in [6.45, 7) is 10.2. The van der Waals surface area contributed by atoms with Crippen molar-refractivity contribution in [1.82, 2.24) is 10.2 Å². The summed E-state index contributed by atoms with van der Waals surface area (Å²) < 4.78 is 0. The average Bonchev–Trinajstić information content (AvgIpc) is 3.19. The first kappa shape index (κ1) is 15.5. The van der Waals surface area contributed by atoms with Gasteiger partial charge in [-0.25, -0.2) is 0 Å². The van der Waals surface area contributed by atoms with Crippen LogP contribution in [0.1, 0.15) is 50.7 Å². The fraction of sp³-hybridized carbons (Fsp3) is 0.667. The summed E-state index contributed by atoms with van der Waals surface area (Å²) in [5.41, 5.74) is 2.87. The van der Waals surface area contributed by atoms with Crippen LogP contribution in [0.3, 0.4) is 0 Å². The van der Waals surface area contributed by atoms with E-state index in [9.17, 15) is 0 Å². The van der Waals surface area contributed by atoms with Crippen molar-refractivity contribution >= 4 is 0 Å². The maximum Gasteiger partial charge on any atom is 0.0230 e. The molecule has 2 rings (SSSR count). The highest BCUT2D eigenvalue weighted by Crippen LogP contribution is 2.21. The van der Waals surface area contributed by atoms with Gasteiger partial charge in [0.05, 0.1) is 0 Å². The average molecular weight is 274 g/mol. The molecule has 1 unspecified atom stereocenters. The summed E-state index contributed by atoms with van der Waals surface area (Å²) in [6.07, 6.45) is 2.74. The van der Waals surface area contributed by atoms with E-state index in [0.717, 1.165) is 31.6 Å². The van der Waals surface area contributed by atoms with Gasteiger partial charge in [0.1, 0.15) is 0 Å². The predicted octanol–water partition coefficient (Wildman–Crippen LogP) is 3.63. The molecule has 20 heavy (non-hydrogen) atoms. The van der Waals surface area contributed by atoms with Gasteiger partial charge < -0.3 is 10.2 Å². The summed E-state index contributed by atoms with van der Waals surface area (Å²) in [6, 6.07) is 10.00. The highest BCUT2D eigenvalue weighted by atomic mass is 15.1. The molecule has 1 aromatic carbocycles. The first-order chi connectivity index (χ1) is 9.54. The Morgan fingerprint density at radius 1 is 1.15 bits per heavy atom. The van der Waals surface area contributed by atoms with Crippen molar-refractivity contribution in [1.29, 1.82) is 0 Å². The predicted molar refractivity (Wildman–Crippen MR) is 87.1 cm³/mol. The third kappa shape index (κ3) is 5.26. The van der Waals surface area contributed by atoms with Gasteiger partial charge >= 0.3 is 0 Å². The van der Waals surface area contributed by atoms with Crippen LogP contribution in [0, 0.1) is 5.92 Å². The molecule has 0 aromatic heterocycles. The Bertz CT molecular complexity index is 392. The van der Waals surface area contributed by atoms with Crippen molar-refractivity contribution in [3.8, 4) is 0 Å². The molecule has 1 aliphatic carbocycles. The molecular weight excluding hydrogens is 244 g/mol. The van der Waals surface area contributed by atoms with Crippen LogP contribution in [0.15, 0.2) is 24.3 Å². The summed E-state index contributed by atoms with van der Waals surface area (Å²) in [5.74, 6) is 1.34. The third-order valence-electron chi connectivity index (χ3n) is 3.97. The van der Waals surface area contributed by atoms with Gasteiger partial charge in [0.25, 0.3) is 0 Å². The second-order valence-corrected chi connectivity index (χ2v) is 6.92. The number of hydrogen-bond acceptors (Lipinski definition) is 2. The molecule has 0 amide bonds. The van der Waals surface area contributed by atoms with Crippen LogP contribution in [0.5, 0.6) is 0 Å². The van der Waals surface area contributed by atoms with Crippen molar-refractivity contribution in [3.05, 3.63) is 35.4 Å². The molecule has 2 heteroatoms. The Hall–Kier alpha value is -0.860. The van der Waals surface area contributed by atoms with Crippen LogP contribution in [-0.4, -0.2) is 31.1 Å². The van der Waals surface area contributed by atoms with Gasteiger partial charge in [0.2, 0.25) is 0 Å². The highest BCUT2D eigenvalue weighted by Gasteiger charge is 2.21. The van der Waals surface area contributed by atoms with E-state index in [1.165, 1.54) is 24.0 Å². The van der Waals surface area contributed by atoms with Gasteiger partial charge in [-0.2, -0.15) is 0 Å². The van der Waals surface area contributed by atoms with Gasteiger partial charge in [-0.15, -0.1) is 0 Å². The van der Waals surface area contributed by atoms with E-state index in [1.54, 1.807) is 0 Å². The SMILES string of the molecule is CC(C)CN(C)Cc1ccc(C(C)CNC2CC2)cc1. The standard InChI is InChI=1S/C18H30N2/c1-14(2)12-20(4)13-16-5-7-17(8-6-16)15(3)11-19-18-9-10-18/h5-8,14-15,18-19H,9-13H2,1-4H3. The van der Waals surface area contributed by atoms with Crippen molar-refractivity contribution in [2.75, 3.05) is 20.1 Å². The normalized spacial score (nSPS) is 16.9. The van der Waals surface area contributed by atoms with Gasteiger partial charge in [0, 0.05) is 25.7 Å². The molecule has 0 radical (unpaired) electrons. The lowest BCUT2D eigenvalue weighted by Crippen LogP contribution is -2.23. The summed E-state index contributed by atoms with van der Waals surface area (Å²) in [4.78, 5) is 2.40. The van der Waals surface area contributed by atoms with Crippen molar-refractivity contribution in [2.45, 2.75) is 52.1 Å². The number of benzene rings is 1. The summed E-state index contributed by atoms with van der Waals surface area (Å²) in [7, 11) is 2.20. The molecule has 112 valence electrons. The topological polar surface area (TPSA) is 15.3 Å². The quantitative estimate of drug-likeness (QED) is 0.779. The Morgan fingerprint density at radius 3 is 2.35 bits per heavy atom. The molecule has 1 saturated carbocycles. The molecule has 0 heterocycles. The second-order valence-electron chi connectivity index (χ2n) is 6.92. The van der Waals surface area contributed by atoms with Gasteiger partial charge in [-0.3, -0.25) is 0 Å². The Morgan fingerprint density at radius 2 is 1.80 bits per heavy atom. The molecule has 1 N–H and O–H groups in total. The molecule has 2 nitrogen and oxygen atoms in total. The maximum absolute atomic E-state index is 3.62. The number of rotatable bonds is 8. The van der Waals surface area contributed by atoms with E-state index in [-0.39, 0.29) is 0 Å². The van der Waals surface area contributed by atoms with Crippen LogP contribution < -0.4 is 5.32 Å². The Balaban J connectivity index is 1.81. The van der Waals surface area contributed by atoms with E-state index in [0.29, 0.717) is 5.92 Å². The zero-order chi connectivity index (χ0) is 14.5. The van der Waals surface area contributed by atoms with E-state index >= 15 is 0 Å². The van der Waals surface area contributed by atoms with Gasteiger partial charge in [-0.05, 0) is 42.9 Å². The third-order valence-corrected chi connectivity index (χ3v) is 3.97. The molecule has 1 fully saturated rings. The van der Waals surface area contributed by atoms with E-state index < -0.39 is 0 Å². The zero-order valence-corrected chi connectivity index (χ0v) is 13.5. The smallest absolute Gasteiger partial charge is 0.0230 e. The van der Waals surface area contributed by atoms with E-state index in [2.05, 4.69) is 62.3 Å². The Kier molecular flexibility index (Phi) is 5.62. The van der Waals surface area contributed by atoms with E-state index in [1.807, 2.05) is 0 Å². The first-order valence-electron chi connectivity index (χ1n) is 8.05. The molecule has 0 spiro atoms.